The summed E-state index contributed by atoms with van der Waals surface area (Å²) in [7, 11) is 3.43. The average Bonchev–Trinajstić information content (AvgIpc) is 3.02. The van der Waals surface area contributed by atoms with Gasteiger partial charge in [0.1, 0.15) is 5.69 Å². The van der Waals surface area contributed by atoms with Crippen LogP contribution in [0.5, 0.6) is 0 Å². The first kappa shape index (κ1) is 16.0. The standard InChI is InChI=1S/C16H22N4O2/c1-12(17-9-10-18-16(21)20(2)3)15-11-14(19-22-15)13-7-5-4-6-8-13/h4-8,11-12,17H,9-10H2,1-3H3,(H,18,21). The zero-order chi connectivity index (χ0) is 15.9. The molecule has 0 fully saturated rings. The smallest absolute Gasteiger partial charge is 0.316 e. The zero-order valence-electron chi connectivity index (χ0n) is 13.2. The minimum Gasteiger partial charge on any atom is -0.359 e. The van der Waals surface area contributed by atoms with E-state index in [0.29, 0.717) is 13.1 Å². The number of urea groups is 1. The van der Waals surface area contributed by atoms with Crippen molar-refractivity contribution in [2.75, 3.05) is 27.2 Å². The van der Waals surface area contributed by atoms with E-state index in [9.17, 15) is 4.79 Å². The number of nitrogens with one attached hydrogen (secondary N) is 2. The van der Waals surface area contributed by atoms with Crippen LogP contribution in [-0.4, -0.2) is 43.3 Å². The van der Waals surface area contributed by atoms with Crippen LogP contribution in [0.1, 0.15) is 18.7 Å². The molecule has 0 spiro atoms. The van der Waals surface area contributed by atoms with E-state index in [0.717, 1.165) is 17.0 Å². The molecule has 2 aromatic rings. The molecule has 6 heteroatoms. The summed E-state index contributed by atoms with van der Waals surface area (Å²) in [5, 5.41) is 10.2. The average molecular weight is 302 g/mol. The molecule has 0 aliphatic heterocycles. The van der Waals surface area contributed by atoms with E-state index in [1.54, 1.807) is 14.1 Å². The lowest BCUT2D eigenvalue weighted by atomic mass is 10.1. The number of aromatic nitrogens is 1. The second-order valence-corrected chi connectivity index (χ2v) is 5.28. The van der Waals surface area contributed by atoms with Gasteiger partial charge in [0, 0.05) is 38.8 Å². The summed E-state index contributed by atoms with van der Waals surface area (Å²) < 4.78 is 5.39. The van der Waals surface area contributed by atoms with E-state index in [4.69, 9.17) is 4.52 Å². The molecule has 6 nitrogen and oxygen atoms in total. The summed E-state index contributed by atoms with van der Waals surface area (Å²) in [6, 6.07) is 11.8. The summed E-state index contributed by atoms with van der Waals surface area (Å²) in [5.41, 5.74) is 1.85. The van der Waals surface area contributed by atoms with Gasteiger partial charge in [0.2, 0.25) is 0 Å². The van der Waals surface area contributed by atoms with Gasteiger partial charge in [0.25, 0.3) is 0 Å². The van der Waals surface area contributed by atoms with Gasteiger partial charge in [-0.25, -0.2) is 4.79 Å². The third-order valence-corrected chi connectivity index (χ3v) is 3.28. The molecule has 2 rings (SSSR count). The van der Waals surface area contributed by atoms with E-state index >= 15 is 0 Å². The van der Waals surface area contributed by atoms with E-state index in [2.05, 4.69) is 15.8 Å². The number of benzene rings is 1. The van der Waals surface area contributed by atoms with Gasteiger partial charge in [0.15, 0.2) is 5.76 Å². The molecule has 0 saturated heterocycles. The lowest BCUT2D eigenvalue weighted by Gasteiger charge is -2.14. The number of rotatable bonds is 6. The van der Waals surface area contributed by atoms with Gasteiger partial charge in [-0.05, 0) is 6.92 Å². The summed E-state index contributed by atoms with van der Waals surface area (Å²) in [6.45, 7) is 3.21. The summed E-state index contributed by atoms with van der Waals surface area (Å²) in [6.07, 6.45) is 0. The molecule has 1 aromatic heterocycles. The van der Waals surface area contributed by atoms with Gasteiger partial charge in [-0.1, -0.05) is 35.5 Å². The number of hydrogen-bond acceptors (Lipinski definition) is 4. The Balaban J connectivity index is 1.82. The van der Waals surface area contributed by atoms with Crippen molar-refractivity contribution in [2.45, 2.75) is 13.0 Å². The Kier molecular flexibility index (Phi) is 5.55. The van der Waals surface area contributed by atoms with Gasteiger partial charge >= 0.3 is 6.03 Å². The Bertz CT molecular complexity index is 595. The van der Waals surface area contributed by atoms with Crippen molar-refractivity contribution < 1.29 is 9.32 Å². The van der Waals surface area contributed by atoms with E-state index < -0.39 is 0 Å². The van der Waals surface area contributed by atoms with Gasteiger partial charge in [-0.3, -0.25) is 0 Å². The molecule has 0 aliphatic carbocycles. The molecule has 2 N–H and O–H groups in total. The van der Waals surface area contributed by atoms with Crippen LogP contribution < -0.4 is 10.6 Å². The Morgan fingerprint density at radius 2 is 2.00 bits per heavy atom. The highest BCUT2D eigenvalue weighted by atomic mass is 16.5. The SMILES string of the molecule is CC(NCCNC(=O)N(C)C)c1cc(-c2ccccc2)no1. The van der Waals surface area contributed by atoms with Gasteiger partial charge in [-0.15, -0.1) is 0 Å². The lowest BCUT2D eigenvalue weighted by Crippen LogP contribution is -2.38. The predicted octanol–water partition coefficient (Wildman–Crippen LogP) is 2.26. The van der Waals surface area contributed by atoms with Crippen molar-refractivity contribution in [2.24, 2.45) is 0 Å². The second-order valence-electron chi connectivity index (χ2n) is 5.28. The highest BCUT2D eigenvalue weighted by Gasteiger charge is 2.12. The van der Waals surface area contributed by atoms with E-state index in [1.807, 2.05) is 43.3 Å². The third kappa shape index (κ3) is 4.33. The number of amides is 2. The fourth-order valence-corrected chi connectivity index (χ4v) is 1.96. The van der Waals surface area contributed by atoms with Crippen molar-refractivity contribution >= 4 is 6.03 Å². The monoisotopic (exact) mass is 302 g/mol. The van der Waals surface area contributed by atoms with Crippen molar-refractivity contribution in [3.63, 3.8) is 0 Å². The maximum absolute atomic E-state index is 11.4. The highest BCUT2D eigenvalue weighted by molar-refractivity contribution is 5.73. The maximum atomic E-state index is 11.4. The minimum absolute atomic E-state index is 0.0289. The molecule has 0 aliphatic rings. The molecule has 1 aromatic carbocycles. The molecule has 118 valence electrons. The third-order valence-electron chi connectivity index (χ3n) is 3.28. The number of carbonyl (C=O) groups is 1. The summed E-state index contributed by atoms with van der Waals surface area (Å²) >= 11 is 0. The maximum Gasteiger partial charge on any atom is 0.316 e. The highest BCUT2D eigenvalue weighted by Crippen LogP contribution is 2.21. The fourth-order valence-electron chi connectivity index (χ4n) is 1.96. The van der Waals surface area contributed by atoms with Gasteiger partial charge < -0.3 is 20.1 Å². The van der Waals surface area contributed by atoms with Crippen LogP contribution in [0.15, 0.2) is 40.9 Å². The first-order valence-corrected chi connectivity index (χ1v) is 7.28. The molecule has 0 bridgehead atoms. The van der Waals surface area contributed by atoms with Crippen LogP contribution in [0.25, 0.3) is 11.3 Å². The molecule has 0 radical (unpaired) electrons. The second kappa shape index (κ2) is 7.61. The van der Waals surface area contributed by atoms with E-state index in [1.165, 1.54) is 4.90 Å². The normalized spacial score (nSPS) is 12.0. The lowest BCUT2D eigenvalue weighted by molar-refractivity contribution is 0.217. The van der Waals surface area contributed by atoms with Gasteiger partial charge in [0.05, 0.1) is 6.04 Å². The van der Waals surface area contributed by atoms with Crippen LogP contribution in [-0.2, 0) is 0 Å². The fraction of sp³-hybridized carbons (Fsp3) is 0.375. The molecular weight excluding hydrogens is 280 g/mol. The van der Waals surface area contributed by atoms with Crippen molar-refractivity contribution in [3.8, 4) is 11.3 Å². The van der Waals surface area contributed by atoms with Crippen molar-refractivity contribution in [1.82, 2.24) is 20.7 Å². The summed E-state index contributed by atoms with van der Waals surface area (Å²) in [5.74, 6) is 0.776. The van der Waals surface area contributed by atoms with Crippen molar-refractivity contribution in [3.05, 3.63) is 42.2 Å². The van der Waals surface area contributed by atoms with Gasteiger partial charge in [-0.2, -0.15) is 0 Å². The first-order chi connectivity index (χ1) is 10.6. The zero-order valence-corrected chi connectivity index (χ0v) is 13.2. The Morgan fingerprint density at radius 3 is 2.68 bits per heavy atom. The minimum atomic E-state index is -0.0968. The first-order valence-electron chi connectivity index (χ1n) is 7.28. The number of nitrogens with zero attached hydrogens (tertiary/aromatic N) is 2. The van der Waals surface area contributed by atoms with E-state index in [-0.39, 0.29) is 12.1 Å². The summed E-state index contributed by atoms with van der Waals surface area (Å²) in [4.78, 5) is 12.9. The number of hydrogen-bond donors (Lipinski definition) is 2. The van der Waals surface area contributed by atoms with Crippen molar-refractivity contribution in [1.29, 1.82) is 0 Å². The van der Waals surface area contributed by atoms with Crippen LogP contribution in [0.4, 0.5) is 4.79 Å². The predicted molar refractivity (Wildman–Crippen MR) is 85.4 cm³/mol. The van der Waals surface area contributed by atoms with Crippen LogP contribution in [0.3, 0.4) is 0 Å². The Labute approximate surface area is 130 Å². The largest absolute Gasteiger partial charge is 0.359 e. The topological polar surface area (TPSA) is 70.4 Å². The molecule has 0 saturated carbocycles. The Morgan fingerprint density at radius 1 is 1.27 bits per heavy atom. The van der Waals surface area contributed by atoms with Crippen LogP contribution in [0.2, 0.25) is 0 Å². The Hall–Kier alpha value is -2.34. The number of carbonyl (C=O) groups excluding carboxylic acids is 1. The molecule has 1 unspecified atom stereocenters. The van der Waals surface area contributed by atoms with Crippen LogP contribution in [0, 0.1) is 0 Å². The van der Waals surface area contributed by atoms with Crippen LogP contribution >= 0.6 is 0 Å². The molecule has 1 heterocycles. The molecular formula is C16H22N4O2. The molecule has 2 amide bonds. The molecule has 1 atom stereocenters. The quantitative estimate of drug-likeness (QED) is 0.803. The molecule has 22 heavy (non-hydrogen) atoms.